The maximum absolute atomic E-state index is 10.6. The summed E-state index contributed by atoms with van der Waals surface area (Å²) in [6.45, 7) is -0.144. The van der Waals surface area contributed by atoms with Gasteiger partial charge >= 0.3 is 0 Å². The van der Waals surface area contributed by atoms with E-state index in [9.17, 15) is 15.3 Å². The first kappa shape index (κ1) is 15.8. The van der Waals surface area contributed by atoms with Gasteiger partial charge in [0, 0.05) is 0 Å². The second-order valence-corrected chi connectivity index (χ2v) is 6.29. The van der Waals surface area contributed by atoms with Gasteiger partial charge in [-0.3, -0.25) is 0 Å². The van der Waals surface area contributed by atoms with Crippen molar-refractivity contribution >= 4 is 0 Å². The molecule has 0 radical (unpaired) electrons. The quantitative estimate of drug-likeness (QED) is 0.557. The molecule has 0 spiro atoms. The molecule has 1 aromatic rings. The summed E-state index contributed by atoms with van der Waals surface area (Å²) < 4.78 is 6.92. The molecule has 1 saturated carbocycles. The van der Waals surface area contributed by atoms with E-state index in [-0.39, 0.29) is 13.2 Å². The molecule has 3 rings (SSSR count). The highest BCUT2D eigenvalue weighted by Gasteiger charge is 2.42. The number of rotatable bonds is 4. The molecule has 1 saturated heterocycles. The second-order valence-electron chi connectivity index (χ2n) is 6.29. The van der Waals surface area contributed by atoms with Crippen LogP contribution in [0.4, 0.5) is 0 Å². The van der Waals surface area contributed by atoms with Crippen molar-refractivity contribution in [2.45, 2.75) is 68.7 Å². The van der Waals surface area contributed by atoms with Gasteiger partial charge in [0.1, 0.15) is 35.7 Å². The number of aliphatic hydroxyl groups excluding tert-OH is 3. The Morgan fingerprint density at radius 3 is 2.50 bits per heavy atom. The average molecular weight is 313 g/mol. The van der Waals surface area contributed by atoms with Crippen LogP contribution in [0, 0.1) is 0 Å². The van der Waals surface area contributed by atoms with Crippen LogP contribution in [0.5, 0.6) is 0 Å². The molecule has 2 heterocycles. The largest absolute Gasteiger partial charge is 0.394 e. The minimum absolute atomic E-state index is 0.206. The number of aliphatic hydroxyl groups is 4. The van der Waals surface area contributed by atoms with Crippen molar-refractivity contribution in [1.29, 1.82) is 0 Å². The summed E-state index contributed by atoms with van der Waals surface area (Å²) in [5, 5.41) is 47.4. The minimum Gasteiger partial charge on any atom is -0.394 e. The van der Waals surface area contributed by atoms with Crippen LogP contribution in [0.15, 0.2) is 6.20 Å². The number of nitrogens with zero attached hydrogens (tertiary/aromatic N) is 3. The van der Waals surface area contributed by atoms with Gasteiger partial charge in [0.15, 0.2) is 0 Å². The van der Waals surface area contributed by atoms with Crippen LogP contribution in [0.2, 0.25) is 0 Å². The van der Waals surface area contributed by atoms with Crippen LogP contribution in [-0.2, 0) is 16.9 Å². The fraction of sp³-hybridized carbons (Fsp3) is 0.857. The Bertz CT molecular complexity index is 502. The molecule has 1 aliphatic carbocycles. The summed E-state index contributed by atoms with van der Waals surface area (Å²) in [5.74, 6) is 0. The van der Waals surface area contributed by atoms with Gasteiger partial charge in [-0.15, -0.1) is 5.10 Å². The van der Waals surface area contributed by atoms with E-state index < -0.39 is 30.0 Å². The van der Waals surface area contributed by atoms with Gasteiger partial charge in [-0.25, -0.2) is 4.68 Å². The van der Waals surface area contributed by atoms with Crippen molar-refractivity contribution in [2.75, 3.05) is 6.61 Å². The average Bonchev–Trinajstić information content (AvgIpc) is 3.09. The molecule has 1 aliphatic heterocycles. The number of ether oxygens (including phenoxy) is 1. The van der Waals surface area contributed by atoms with Crippen molar-refractivity contribution in [3.63, 3.8) is 0 Å². The standard InChI is InChI=1S/C14H23N3O5/c18-8-10-13(20)12(19)9(22-10)6-17-7-11(15-16-17)14(21)4-2-1-3-5-14/h7,9-10,12-13,18-21H,1-6,8H2/t9-,10+,12+,13+/m0/s1. The van der Waals surface area contributed by atoms with Crippen LogP contribution in [-0.4, -0.2) is 66.4 Å². The first-order valence-corrected chi connectivity index (χ1v) is 7.79. The fourth-order valence-corrected chi connectivity index (χ4v) is 3.31. The Balaban J connectivity index is 1.67. The van der Waals surface area contributed by atoms with Gasteiger partial charge in [0.2, 0.25) is 0 Å². The normalized spacial score (nSPS) is 34.9. The molecule has 0 unspecified atom stereocenters. The molecular formula is C14H23N3O5. The maximum Gasteiger partial charge on any atom is 0.114 e. The van der Waals surface area contributed by atoms with Crippen LogP contribution in [0.3, 0.4) is 0 Å². The molecule has 2 fully saturated rings. The zero-order valence-electron chi connectivity index (χ0n) is 12.4. The van der Waals surface area contributed by atoms with Crippen molar-refractivity contribution < 1.29 is 25.2 Å². The van der Waals surface area contributed by atoms with Gasteiger partial charge in [0.05, 0.1) is 19.3 Å². The summed E-state index contributed by atoms with van der Waals surface area (Å²) in [4.78, 5) is 0. The topological polar surface area (TPSA) is 121 Å². The Labute approximate surface area is 128 Å². The van der Waals surface area contributed by atoms with E-state index in [0.717, 1.165) is 19.3 Å². The van der Waals surface area contributed by atoms with Crippen molar-refractivity contribution in [2.24, 2.45) is 0 Å². The smallest absolute Gasteiger partial charge is 0.114 e. The van der Waals surface area contributed by atoms with E-state index in [1.54, 1.807) is 6.20 Å². The molecule has 1 aromatic heterocycles. The lowest BCUT2D eigenvalue weighted by molar-refractivity contribution is -0.0277. The second kappa shape index (κ2) is 6.21. The molecule has 0 aromatic carbocycles. The molecule has 8 heteroatoms. The highest BCUT2D eigenvalue weighted by molar-refractivity contribution is 5.08. The summed E-state index contributed by atoms with van der Waals surface area (Å²) in [7, 11) is 0. The van der Waals surface area contributed by atoms with E-state index in [1.165, 1.54) is 4.68 Å². The molecule has 0 bridgehead atoms. The number of hydrogen-bond acceptors (Lipinski definition) is 7. The summed E-state index contributed by atoms with van der Waals surface area (Å²) in [5.41, 5.74) is -0.377. The van der Waals surface area contributed by atoms with E-state index in [2.05, 4.69) is 10.3 Å². The predicted molar refractivity (Wildman–Crippen MR) is 74.8 cm³/mol. The lowest BCUT2D eigenvalue weighted by atomic mass is 9.83. The van der Waals surface area contributed by atoms with E-state index >= 15 is 0 Å². The van der Waals surface area contributed by atoms with E-state index in [0.29, 0.717) is 18.5 Å². The minimum atomic E-state index is -1.11. The predicted octanol–water partition coefficient (Wildman–Crippen LogP) is -1.09. The number of aromatic nitrogens is 3. The summed E-state index contributed by atoms with van der Waals surface area (Å²) in [6, 6.07) is 0. The van der Waals surface area contributed by atoms with Gasteiger partial charge in [-0.2, -0.15) is 0 Å². The highest BCUT2D eigenvalue weighted by atomic mass is 16.6. The van der Waals surface area contributed by atoms with Gasteiger partial charge in [0.25, 0.3) is 0 Å². The van der Waals surface area contributed by atoms with Crippen molar-refractivity contribution in [3.8, 4) is 0 Å². The molecular weight excluding hydrogens is 290 g/mol. The molecule has 4 atom stereocenters. The van der Waals surface area contributed by atoms with Crippen LogP contribution < -0.4 is 0 Å². The molecule has 0 amide bonds. The van der Waals surface area contributed by atoms with E-state index in [4.69, 9.17) is 9.84 Å². The molecule has 4 N–H and O–H groups in total. The lowest BCUT2D eigenvalue weighted by Crippen LogP contribution is -2.35. The van der Waals surface area contributed by atoms with Gasteiger partial charge < -0.3 is 25.2 Å². The molecule has 8 nitrogen and oxygen atoms in total. The third kappa shape index (κ3) is 2.89. The van der Waals surface area contributed by atoms with Gasteiger partial charge in [-0.1, -0.05) is 24.5 Å². The third-order valence-corrected chi connectivity index (χ3v) is 4.70. The van der Waals surface area contributed by atoms with Crippen LogP contribution in [0.1, 0.15) is 37.8 Å². The fourth-order valence-electron chi connectivity index (χ4n) is 3.31. The van der Waals surface area contributed by atoms with Crippen LogP contribution >= 0.6 is 0 Å². The lowest BCUT2D eigenvalue weighted by Gasteiger charge is -2.29. The number of hydrogen-bond donors (Lipinski definition) is 4. The third-order valence-electron chi connectivity index (χ3n) is 4.70. The Kier molecular flexibility index (Phi) is 4.47. The maximum atomic E-state index is 10.6. The van der Waals surface area contributed by atoms with Crippen molar-refractivity contribution in [3.05, 3.63) is 11.9 Å². The van der Waals surface area contributed by atoms with Gasteiger partial charge in [-0.05, 0) is 12.8 Å². The summed E-state index contributed by atoms with van der Waals surface area (Å²) >= 11 is 0. The monoisotopic (exact) mass is 313 g/mol. The molecule has 2 aliphatic rings. The molecule has 124 valence electrons. The first-order chi connectivity index (χ1) is 10.5. The molecule has 22 heavy (non-hydrogen) atoms. The Morgan fingerprint density at radius 2 is 1.86 bits per heavy atom. The van der Waals surface area contributed by atoms with Crippen molar-refractivity contribution in [1.82, 2.24) is 15.0 Å². The zero-order chi connectivity index (χ0) is 15.7. The van der Waals surface area contributed by atoms with Crippen LogP contribution in [0.25, 0.3) is 0 Å². The van der Waals surface area contributed by atoms with E-state index in [1.807, 2.05) is 0 Å². The SMILES string of the molecule is OC[C@H]1O[C@@H](Cn2cc(C3(O)CCCCC3)nn2)[C@@H](O)[C@@H]1O. The summed E-state index contributed by atoms with van der Waals surface area (Å²) in [6.07, 6.45) is 2.45. The Hall–Kier alpha value is -1.06. The first-order valence-electron chi connectivity index (χ1n) is 7.79. The zero-order valence-corrected chi connectivity index (χ0v) is 12.4. The highest BCUT2D eigenvalue weighted by Crippen LogP contribution is 2.35. The Morgan fingerprint density at radius 1 is 1.18 bits per heavy atom.